The van der Waals surface area contributed by atoms with E-state index in [9.17, 15) is 34.5 Å². The molecule has 40 heavy (non-hydrogen) atoms. The quantitative estimate of drug-likeness (QED) is 0.162. The number of halogens is 8. The van der Waals surface area contributed by atoms with Crippen molar-refractivity contribution in [3.8, 4) is 0 Å². The molecule has 0 aromatic rings. The van der Waals surface area contributed by atoms with Crippen molar-refractivity contribution in [1.29, 1.82) is 0 Å². The molecule has 240 valence electrons. The summed E-state index contributed by atoms with van der Waals surface area (Å²) in [7, 11) is -12.4. The zero-order chi connectivity index (χ0) is 31.2. The van der Waals surface area contributed by atoms with Gasteiger partial charge in [0, 0.05) is 15.8 Å². The molecule has 2 saturated carbocycles. The zero-order valence-corrected chi connectivity index (χ0v) is 28.2. The molecule has 0 N–H and O–H groups in total. The number of hydrogen-bond donors (Lipinski definition) is 0. The van der Waals surface area contributed by atoms with Crippen LogP contribution in [0.3, 0.4) is 0 Å². The highest BCUT2D eigenvalue weighted by atomic mass is 31.1. The normalized spacial score (nSPS) is 27.0. The summed E-state index contributed by atoms with van der Waals surface area (Å²) in [5, 5.41) is 2.78. The Hall–Kier alpha value is 0.430. The molecule has 0 aromatic heterocycles. The van der Waals surface area contributed by atoms with Gasteiger partial charge in [-0.1, -0.05) is 0 Å². The summed E-state index contributed by atoms with van der Waals surface area (Å²) in [6.07, 6.45) is 21.3. The van der Waals surface area contributed by atoms with Crippen molar-refractivity contribution < 1.29 is 34.5 Å². The molecule has 0 bridgehead atoms. The molecule has 0 nitrogen and oxygen atoms in total. The fourth-order valence-corrected chi connectivity index (χ4v) is 20.8. The van der Waals surface area contributed by atoms with Crippen LogP contribution >= 0.6 is 15.8 Å². The minimum Gasteiger partial charge on any atom is -0.418 e. The first-order valence-electron chi connectivity index (χ1n) is 15.4. The van der Waals surface area contributed by atoms with Gasteiger partial charge in [-0.25, -0.2) is 0 Å². The molecule has 0 radical (unpaired) electrons. The van der Waals surface area contributed by atoms with E-state index in [2.05, 4.69) is 55.4 Å². The summed E-state index contributed by atoms with van der Waals surface area (Å²) in [6.45, 7) is 20.6. The predicted octanol–water partition coefficient (Wildman–Crippen LogP) is 12.4. The molecule has 4 rings (SSSR count). The molecule has 12 heteroatoms. The lowest BCUT2D eigenvalue weighted by Crippen LogP contribution is -2.38. The first kappa shape index (κ1) is 38.5. The summed E-state index contributed by atoms with van der Waals surface area (Å²) in [5.41, 5.74) is 2.28. The van der Waals surface area contributed by atoms with Crippen LogP contribution in [0.2, 0.25) is 0 Å². The van der Waals surface area contributed by atoms with Crippen LogP contribution in [-0.4, -0.2) is 46.5 Å². The molecule has 2 aliphatic carbocycles. The molecule has 2 aliphatic heterocycles. The first-order chi connectivity index (χ1) is 17.9. The average molecular weight is 628 g/mol. The van der Waals surface area contributed by atoms with E-state index in [1.54, 1.807) is 25.7 Å². The van der Waals surface area contributed by atoms with Crippen molar-refractivity contribution in [1.82, 2.24) is 0 Å². The molecule has 0 unspecified atom stereocenters. The Morgan fingerprint density at radius 1 is 0.400 bits per heavy atom. The van der Waals surface area contributed by atoms with Gasteiger partial charge in [0.25, 0.3) is 0 Å². The largest absolute Gasteiger partial charge is 0.673 e. The minimum atomic E-state index is -6.00. The van der Waals surface area contributed by atoms with Gasteiger partial charge in [-0.15, -0.1) is 0 Å². The average Bonchev–Trinajstić information content (AvgIpc) is 3.37. The van der Waals surface area contributed by atoms with E-state index in [0.29, 0.717) is 20.6 Å². The van der Waals surface area contributed by atoms with Crippen LogP contribution in [0.5, 0.6) is 0 Å². The van der Waals surface area contributed by atoms with Gasteiger partial charge >= 0.3 is 14.5 Å². The number of hydrogen-bond acceptors (Lipinski definition) is 0. The van der Waals surface area contributed by atoms with Gasteiger partial charge in [0.05, 0.1) is 31.9 Å². The van der Waals surface area contributed by atoms with Gasteiger partial charge in [0.15, 0.2) is 0 Å². The Morgan fingerprint density at radius 2 is 0.575 bits per heavy atom. The van der Waals surface area contributed by atoms with Crippen molar-refractivity contribution in [2.75, 3.05) is 0 Å². The van der Waals surface area contributed by atoms with Gasteiger partial charge in [-0.2, -0.15) is 0 Å². The van der Waals surface area contributed by atoms with Gasteiger partial charge in [0.1, 0.15) is 0 Å². The smallest absolute Gasteiger partial charge is 0.418 e. The SMILES string of the molecule is CC1(C)CCCC(C)(C)[PH+]1C1CCCC1.CC1(C)CCCC(C)(C)[PH+]1C1CCCC1.F[B-](F)(F)F.F[B-](F)(F)F. The Morgan fingerprint density at radius 3 is 0.750 bits per heavy atom. The zero-order valence-electron chi connectivity index (χ0n) is 26.2. The fraction of sp³-hybridized carbons (Fsp3) is 1.00. The van der Waals surface area contributed by atoms with Gasteiger partial charge in [-0.05, 0) is 145 Å². The second-order valence-electron chi connectivity index (χ2n) is 15.0. The highest BCUT2D eigenvalue weighted by Gasteiger charge is 2.55. The van der Waals surface area contributed by atoms with Crippen LogP contribution in [0.15, 0.2) is 0 Å². The summed E-state index contributed by atoms with van der Waals surface area (Å²) >= 11 is 0. The van der Waals surface area contributed by atoms with Crippen molar-refractivity contribution >= 4 is 30.4 Å². The van der Waals surface area contributed by atoms with Crippen LogP contribution in [-0.2, 0) is 0 Å². The molecule has 0 atom stereocenters. The maximum atomic E-state index is 9.75. The second kappa shape index (κ2) is 14.9. The summed E-state index contributed by atoms with van der Waals surface area (Å²) < 4.78 is 78.0. The van der Waals surface area contributed by atoms with E-state index in [1.165, 1.54) is 64.2 Å². The molecule has 4 fully saturated rings. The van der Waals surface area contributed by atoms with Crippen LogP contribution < -0.4 is 0 Å². The monoisotopic (exact) mass is 628 g/mol. The topological polar surface area (TPSA) is 0 Å². The lowest BCUT2D eigenvalue weighted by molar-refractivity contribution is 0.366. The van der Waals surface area contributed by atoms with Crippen LogP contribution in [0.25, 0.3) is 0 Å². The van der Waals surface area contributed by atoms with Crippen LogP contribution in [0, 0.1) is 0 Å². The number of rotatable bonds is 2. The van der Waals surface area contributed by atoms with Crippen molar-refractivity contribution in [2.45, 2.75) is 177 Å². The van der Waals surface area contributed by atoms with Crippen molar-refractivity contribution in [3.63, 3.8) is 0 Å². The maximum Gasteiger partial charge on any atom is 0.673 e. The molecule has 0 amide bonds. The van der Waals surface area contributed by atoms with E-state index in [1.807, 2.05) is 0 Å². The van der Waals surface area contributed by atoms with Crippen LogP contribution in [0.4, 0.5) is 34.5 Å². The summed E-state index contributed by atoms with van der Waals surface area (Å²) in [4.78, 5) is 0. The Labute approximate surface area is 242 Å². The van der Waals surface area contributed by atoms with E-state index < -0.39 is 14.5 Å². The van der Waals surface area contributed by atoms with Gasteiger partial charge in [0.2, 0.25) is 0 Å². The molecule has 2 heterocycles. The van der Waals surface area contributed by atoms with Crippen molar-refractivity contribution in [3.05, 3.63) is 0 Å². The molecule has 2 saturated heterocycles. The molecular formula is C28H56B2F8P2. The third kappa shape index (κ3) is 13.8. The molecular weight excluding hydrogens is 572 g/mol. The highest BCUT2D eigenvalue weighted by molar-refractivity contribution is 7.62. The van der Waals surface area contributed by atoms with Crippen LogP contribution in [0.1, 0.15) is 145 Å². The lowest BCUT2D eigenvalue weighted by Gasteiger charge is -2.45. The minimum absolute atomic E-state index is 0.178. The molecule has 4 aliphatic rings. The van der Waals surface area contributed by atoms with Gasteiger partial charge in [-0.3, -0.25) is 0 Å². The molecule has 0 spiro atoms. The summed E-state index contributed by atoms with van der Waals surface area (Å²) in [6, 6.07) is 0. The second-order valence-corrected chi connectivity index (χ2v) is 23.7. The predicted molar refractivity (Wildman–Crippen MR) is 166 cm³/mol. The van der Waals surface area contributed by atoms with Crippen molar-refractivity contribution in [2.24, 2.45) is 0 Å². The first-order valence-corrected chi connectivity index (χ1v) is 18.5. The maximum absolute atomic E-state index is 9.75. The fourth-order valence-electron chi connectivity index (χ4n) is 8.95. The van der Waals surface area contributed by atoms with E-state index in [-0.39, 0.29) is 15.8 Å². The Bertz CT molecular complexity index is 636. The third-order valence-electron chi connectivity index (χ3n) is 9.65. The van der Waals surface area contributed by atoms with Gasteiger partial charge < -0.3 is 34.5 Å². The molecule has 0 aromatic carbocycles. The lowest BCUT2D eigenvalue weighted by atomic mass is 9.98. The van der Waals surface area contributed by atoms with E-state index in [4.69, 9.17) is 0 Å². The third-order valence-corrected chi connectivity index (χ3v) is 19.3. The Kier molecular flexibility index (Phi) is 14.4. The standard InChI is InChI=1S/2C14H27P.2BF4/c2*1-13(2)10-7-11-14(3,4)15(13)12-8-5-6-9-12;2*2-1(3,4)5/h2*12H,5-11H2,1-4H3;;/q;;2*-1/p+2. The Balaban J connectivity index is 0.000000302. The van der Waals surface area contributed by atoms with E-state index >= 15 is 0 Å². The summed E-state index contributed by atoms with van der Waals surface area (Å²) in [5.74, 6) is 0. The van der Waals surface area contributed by atoms with E-state index in [0.717, 1.165) is 11.3 Å². The highest BCUT2D eigenvalue weighted by Crippen LogP contribution is 2.71.